The van der Waals surface area contributed by atoms with Crippen molar-refractivity contribution in [1.82, 2.24) is 10.3 Å². The number of rotatable bonds is 3. The number of phenols is 1. The van der Waals surface area contributed by atoms with Gasteiger partial charge in [0.25, 0.3) is 5.91 Å². The Morgan fingerprint density at radius 2 is 1.76 bits per heavy atom. The topological polar surface area (TPSA) is 87.4 Å². The number of hydrogen-bond donors (Lipinski definition) is 3. The van der Waals surface area contributed by atoms with E-state index < -0.39 is 0 Å². The van der Waals surface area contributed by atoms with E-state index in [0.29, 0.717) is 28.3 Å². The maximum atomic E-state index is 12.6. The molecule has 0 atom stereocenters. The van der Waals surface area contributed by atoms with Crippen LogP contribution >= 0.6 is 12.2 Å². The molecule has 168 valence electrons. The molecule has 5 rings (SSSR count). The number of oxazole rings is 1. The number of anilines is 1. The van der Waals surface area contributed by atoms with Crippen molar-refractivity contribution in [3.05, 3.63) is 89.5 Å². The second-order valence-corrected chi connectivity index (χ2v) is 8.56. The third kappa shape index (κ3) is 4.21. The molecule has 6 nitrogen and oxygen atoms in total. The molecule has 1 heterocycles. The fraction of sp³-hybridized carbons (Fsp3) is 0.0741. The van der Waals surface area contributed by atoms with E-state index >= 15 is 0 Å². The third-order valence-electron chi connectivity index (χ3n) is 5.54. The molecule has 0 aliphatic rings. The molecular weight excluding hydrogens is 446 g/mol. The molecule has 0 aliphatic heterocycles. The molecule has 5 aromatic rings. The summed E-state index contributed by atoms with van der Waals surface area (Å²) in [5.74, 6) is -0.00393. The first-order valence-electron chi connectivity index (χ1n) is 10.7. The van der Waals surface area contributed by atoms with Crippen LogP contribution in [0.4, 0.5) is 5.69 Å². The van der Waals surface area contributed by atoms with E-state index in [4.69, 9.17) is 16.6 Å². The lowest BCUT2D eigenvalue weighted by molar-refractivity contribution is 0.0978. The van der Waals surface area contributed by atoms with Gasteiger partial charge >= 0.3 is 0 Å². The summed E-state index contributed by atoms with van der Waals surface area (Å²) in [6.45, 7) is 3.96. The maximum Gasteiger partial charge on any atom is 0.257 e. The predicted molar refractivity (Wildman–Crippen MR) is 138 cm³/mol. The van der Waals surface area contributed by atoms with Crippen LogP contribution in [0.1, 0.15) is 21.5 Å². The van der Waals surface area contributed by atoms with E-state index in [2.05, 4.69) is 15.6 Å². The molecule has 7 heteroatoms. The van der Waals surface area contributed by atoms with Crippen molar-refractivity contribution in [2.75, 3.05) is 5.32 Å². The molecule has 34 heavy (non-hydrogen) atoms. The van der Waals surface area contributed by atoms with Gasteiger partial charge in [0.2, 0.25) is 5.89 Å². The third-order valence-corrected chi connectivity index (χ3v) is 5.75. The van der Waals surface area contributed by atoms with Crippen LogP contribution in [0.3, 0.4) is 0 Å². The van der Waals surface area contributed by atoms with Gasteiger partial charge in [-0.2, -0.15) is 0 Å². The number of nitrogens with zero attached hydrogens (tertiary/aromatic N) is 1. The van der Waals surface area contributed by atoms with Crippen LogP contribution in [0.5, 0.6) is 5.75 Å². The van der Waals surface area contributed by atoms with E-state index in [9.17, 15) is 9.90 Å². The number of thiocarbonyl (C=S) groups is 1. The van der Waals surface area contributed by atoms with Crippen molar-refractivity contribution >= 4 is 50.8 Å². The lowest BCUT2D eigenvalue weighted by Crippen LogP contribution is -2.34. The summed E-state index contributed by atoms with van der Waals surface area (Å²) in [5, 5.41) is 18.4. The molecule has 0 saturated carbocycles. The number of fused-ring (bicyclic) bond motifs is 2. The largest absolute Gasteiger partial charge is 0.507 e. The van der Waals surface area contributed by atoms with Crippen molar-refractivity contribution in [1.29, 1.82) is 0 Å². The van der Waals surface area contributed by atoms with Gasteiger partial charge in [-0.05, 0) is 78.3 Å². The highest BCUT2D eigenvalue weighted by Crippen LogP contribution is 2.34. The van der Waals surface area contributed by atoms with Crippen LogP contribution in [-0.4, -0.2) is 21.1 Å². The number of aromatic hydroxyl groups is 1. The van der Waals surface area contributed by atoms with Gasteiger partial charge in [-0.1, -0.05) is 36.4 Å². The Labute approximate surface area is 201 Å². The normalized spacial score (nSPS) is 11.0. The quantitative estimate of drug-likeness (QED) is 0.278. The Balaban J connectivity index is 1.31. The van der Waals surface area contributed by atoms with Gasteiger partial charge in [0.15, 0.2) is 10.7 Å². The highest BCUT2D eigenvalue weighted by atomic mass is 32.1. The van der Waals surface area contributed by atoms with Gasteiger partial charge in [0.1, 0.15) is 11.3 Å². The maximum absolute atomic E-state index is 12.6. The lowest BCUT2D eigenvalue weighted by atomic mass is 10.1. The average molecular weight is 468 g/mol. The molecule has 0 saturated heterocycles. The predicted octanol–water partition coefficient (Wildman–Crippen LogP) is 6.10. The Hall–Kier alpha value is -4.23. The van der Waals surface area contributed by atoms with Crippen molar-refractivity contribution < 1.29 is 14.3 Å². The van der Waals surface area contributed by atoms with Crippen molar-refractivity contribution in [2.45, 2.75) is 13.8 Å². The monoisotopic (exact) mass is 467 g/mol. The molecule has 1 aromatic heterocycles. The van der Waals surface area contributed by atoms with Crippen LogP contribution in [-0.2, 0) is 0 Å². The minimum absolute atomic E-state index is 0.0189. The number of hydrogen-bond acceptors (Lipinski definition) is 5. The first-order chi connectivity index (χ1) is 16.4. The number of carbonyl (C=O) groups is 1. The molecule has 0 fully saturated rings. The average Bonchev–Trinajstić information content (AvgIpc) is 3.22. The summed E-state index contributed by atoms with van der Waals surface area (Å²) in [5.41, 5.74) is 5.00. The smallest absolute Gasteiger partial charge is 0.257 e. The van der Waals surface area contributed by atoms with E-state index in [1.54, 1.807) is 18.2 Å². The fourth-order valence-electron chi connectivity index (χ4n) is 3.95. The zero-order chi connectivity index (χ0) is 23.8. The summed E-state index contributed by atoms with van der Waals surface area (Å²) < 4.78 is 5.90. The van der Waals surface area contributed by atoms with E-state index in [1.807, 2.05) is 62.4 Å². The molecule has 0 spiro atoms. The second-order valence-electron chi connectivity index (χ2n) is 8.15. The number of benzene rings is 4. The van der Waals surface area contributed by atoms with Crippen LogP contribution in [0.25, 0.3) is 33.3 Å². The Bertz CT molecular complexity index is 1590. The van der Waals surface area contributed by atoms with Gasteiger partial charge in [-0.25, -0.2) is 4.98 Å². The first-order valence-corrected chi connectivity index (χ1v) is 11.1. The molecule has 1 amide bonds. The highest BCUT2D eigenvalue weighted by molar-refractivity contribution is 7.80. The molecule has 0 aliphatic carbocycles. The van der Waals surface area contributed by atoms with E-state index in [-0.39, 0.29) is 16.8 Å². The van der Waals surface area contributed by atoms with Crippen LogP contribution in [0.2, 0.25) is 0 Å². The zero-order valence-corrected chi connectivity index (χ0v) is 19.4. The SMILES string of the molecule is Cc1cc(C)c2oc(-c3ccc(NC(=S)NC(=O)c4ccc5ccccc5c4)cc3O)nc2c1. The van der Waals surface area contributed by atoms with Crippen molar-refractivity contribution in [2.24, 2.45) is 0 Å². The summed E-state index contributed by atoms with van der Waals surface area (Å²) in [7, 11) is 0. The molecule has 4 aromatic carbocycles. The van der Waals surface area contributed by atoms with Gasteiger partial charge in [0, 0.05) is 17.3 Å². The number of phenolic OH excluding ortho intramolecular Hbond substituents is 1. The molecular formula is C27H21N3O3S. The van der Waals surface area contributed by atoms with Gasteiger partial charge < -0.3 is 14.8 Å². The van der Waals surface area contributed by atoms with Gasteiger partial charge in [0.05, 0.1) is 5.56 Å². The minimum Gasteiger partial charge on any atom is -0.507 e. The fourth-order valence-corrected chi connectivity index (χ4v) is 4.16. The Morgan fingerprint density at radius 3 is 2.56 bits per heavy atom. The Kier molecular flexibility index (Phi) is 5.47. The van der Waals surface area contributed by atoms with Crippen molar-refractivity contribution in [3.63, 3.8) is 0 Å². The van der Waals surface area contributed by atoms with Crippen LogP contribution in [0, 0.1) is 13.8 Å². The number of amides is 1. The zero-order valence-electron chi connectivity index (χ0n) is 18.5. The summed E-state index contributed by atoms with van der Waals surface area (Å²) in [6.07, 6.45) is 0. The molecule has 0 bridgehead atoms. The van der Waals surface area contributed by atoms with Gasteiger partial charge in [-0.15, -0.1) is 0 Å². The minimum atomic E-state index is -0.318. The second kappa shape index (κ2) is 8.61. The Morgan fingerprint density at radius 1 is 0.971 bits per heavy atom. The highest BCUT2D eigenvalue weighted by Gasteiger charge is 2.15. The number of aryl methyl sites for hydroxylation is 2. The first kappa shape index (κ1) is 21.6. The van der Waals surface area contributed by atoms with Crippen molar-refractivity contribution in [3.8, 4) is 17.2 Å². The molecule has 0 radical (unpaired) electrons. The van der Waals surface area contributed by atoms with Gasteiger partial charge in [-0.3, -0.25) is 10.1 Å². The summed E-state index contributed by atoms with van der Waals surface area (Å²) >= 11 is 5.29. The summed E-state index contributed by atoms with van der Waals surface area (Å²) in [6, 6.07) is 22.2. The number of aromatic nitrogens is 1. The number of nitrogens with one attached hydrogen (secondary N) is 2. The van der Waals surface area contributed by atoms with E-state index in [0.717, 1.165) is 27.4 Å². The molecule has 0 unspecified atom stereocenters. The van der Waals surface area contributed by atoms with E-state index in [1.165, 1.54) is 6.07 Å². The standard InChI is InChI=1S/C27H21N3O3S/c1-15-11-16(2)24-22(12-15)29-26(33-24)21-10-9-20(14-23(21)31)28-27(34)30-25(32)19-8-7-17-5-3-4-6-18(17)13-19/h3-14,31H,1-2H3,(H2,28,30,32,34). The number of carbonyl (C=O) groups excluding carboxylic acids is 1. The van der Waals surface area contributed by atoms with Crippen LogP contribution < -0.4 is 10.6 Å². The lowest BCUT2D eigenvalue weighted by Gasteiger charge is -2.11. The summed E-state index contributed by atoms with van der Waals surface area (Å²) in [4.78, 5) is 17.1. The molecule has 3 N–H and O–H groups in total. The van der Waals surface area contributed by atoms with Crippen LogP contribution in [0.15, 0.2) is 77.2 Å².